The molecule has 0 bridgehead atoms. The summed E-state index contributed by atoms with van der Waals surface area (Å²) in [4.78, 5) is 4.66. The van der Waals surface area contributed by atoms with E-state index in [4.69, 9.17) is 0 Å². The molecule has 266 valence electrons. The number of nitrogens with zero attached hydrogens (tertiary/aromatic N) is 2. The van der Waals surface area contributed by atoms with Crippen LogP contribution in [0, 0.1) is 41.5 Å². The molecule has 0 unspecified atom stereocenters. The molecule has 0 saturated carbocycles. The number of anilines is 6. The fraction of sp³-hybridized carbons (Fsp3) is 0.115. The highest BCUT2D eigenvalue weighted by molar-refractivity contribution is 5.82. The first-order valence-electron chi connectivity index (χ1n) is 18.7. The first kappa shape index (κ1) is 36.0. The first-order valence-corrected chi connectivity index (χ1v) is 18.7. The van der Waals surface area contributed by atoms with Gasteiger partial charge >= 0.3 is 0 Å². The van der Waals surface area contributed by atoms with Crippen LogP contribution in [0.2, 0.25) is 0 Å². The Kier molecular flexibility index (Phi) is 10.7. The van der Waals surface area contributed by atoms with Crippen molar-refractivity contribution in [3.8, 4) is 0 Å². The van der Waals surface area contributed by atoms with Crippen molar-refractivity contribution in [3.63, 3.8) is 0 Å². The van der Waals surface area contributed by atoms with Crippen LogP contribution in [0.1, 0.15) is 55.6 Å². The molecule has 0 aliphatic rings. The van der Waals surface area contributed by atoms with Gasteiger partial charge in [0.1, 0.15) is 0 Å². The second-order valence-corrected chi connectivity index (χ2v) is 14.4. The van der Waals surface area contributed by atoms with Gasteiger partial charge in [0.05, 0.1) is 0 Å². The van der Waals surface area contributed by atoms with Crippen LogP contribution in [0.25, 0.3) is 24.3 Å². The van der Waals surface area contributed by atoms with E-state index in [0.717, 1.165) is 34.1 Å². The number of hydrogen-bond donors (Lipinski definition) is 0. The predicted molar refractivity (Wildman–Crippen MR) is 235 cm³/mol. The Morgan fingerprint density at radius 2 is 0.593 bits per heavy atom. The van der Waals surface area contributed by atoms with E-state index in [1.54, 1.807) is 0 Å². The van der Waals surface area contributed by atoms with Crippen molar-refractivity contribution in [2.24, 2.45) is 0 Å². The highest BCUT2D eigenvalue weighted by Gasteiger charge is 2.15. The van der Waals surface area contributed by atoms with Crippen LogP contribution in [-0.2, 0) is 0 Å². The number of hydrogen-bond acceptors (Lipinski definition) is 2. The lowest BCUT2D eigenvalue weighted by atomic mass is 10.0. The maximum Gasteiger partial charge on any atom is 0.0464 e. The van der Waals surface area contributed by atoms with Crippen molar-refractivity contribution < 1.29 is 0 Å². The van der Waals surface area contributed by atoms with Crippen LogP contribution in [0.15, 0.2) is 158 Å². The van der Waals surface area contributed by atoms with Crippen molar-refractivity contribution in [3.05, 3.63) is 213 Å². The molecule has 0 fully saturated rings. The zero-order valence-electron chi connectivity index (χ0n) is 32.2. The van der Waals surface area contributed by atoms with Crippen molar-refractivity contribution in [1.82, 2.24) is 0 Å². The highest BCUT2D eigenvalue weighted by Crippen LogP contribution is 2.37. The van der Waals surface area contributed by atoms with Gasteiger partial charge in [-0.25, -0.2) is 0 Å². The molecule has 0 N–H and O–H groups in total. The molecule has 54 heavy (non-hydrogen) atoms. The van der Waals surface area contributed by atoms with Gasteiger partial charge in [0, 0.05) is 34.1 Å². The minimum atomic E-state index is 1.14. The number of rotatable bonds is 10. The molecule has 2 heteroatoms. The van der Waals surface area contributed by atoms with E-state index in [-0.39, 0.29) is 0 Å². The van der Waals surface area contributed by atoms with Gasteiger partial charge in [0.15, 0.2) is 0 Å². The standard InChI is InChI=1S/C52H48N2/c1-37-10-24-47(25-11-37)53(48-26-12-38(2)13-27-48)51-32-22-45(41(5)34-51)20-18-43-8-7-9-44(36-43)19-21-46-23-33-52(35-42(46)6)54(49-28-14-39(3)15-29-49)50-30-16-40(4)17-31-50/h7-36H,1-6H3/b20-18+,21-19+. The molecule has 0 aromatic heterocycles. The van der Waals surface area contributed by atoms with Crippen molar-refractivity contribution >= 4 is 58.4 Å². The minimum Gasteiger partial charge on any atom is -0.310 e. The second kappa shape index (κ2) is 16.1. The molecule has 0 aliphatic heterocycles. The van der Waals surface area contributed by atoms with Gasteiger partial charge < -0.3 is 9.80 Å². The van der Waals surface area contributed by atoms with Gasteiger partial charge in [-0.2, -0.15) is 0 Å². The van der Waals surface area contributed by atoms with E-state index in [0.29, 0.717) is 0 Å². The Morgan fingerprint density at radius 1 is 0.296 bits per heavy atom. The summed E-state index contributed by atoms with van der Waals surface area (Å²) in [5.41, 5.74) is 19.1. The third-order valence-corrected chi connectivity index (χ3v) is 10.0. The summed E-state index contributed by atoms with van der Waals surface area (Å²) in [5, 5.41) is 0. The molecule has 7 aromatic rings. The maximum absolute atomic E-state index is 2.33. The Labute approximate surface area is 322 Å². The average molecular weight is 701 g/mol. The Hall–Kier alpha value is -6.38. The van der Waals surface area contributed by atoms with Crippen LogP contribution in [0.5, 0.6) is 0 Å². The Bertz CT molecular complexity index is 2150. The zero-order chi connectivity index (χ0) is 37.6. The molecule has 2 nitrogen and oxygen atoms in total. The van der Waals surface area contributed by atoms with Gasteiger partial charge in [-0.3, -0.25) is 0 Å². The first-order chi connectivity index (χ1) is 26.2. The molecule has 0 heterocycles. The summed E-state index contributed by atoms with van der Waals surface area (Å²) in [6.45, 7) is 12.9. The fourth-order valence-corrected chi connectivity index (χ4v) is 6.78. The van der Waals surface area contributed by atoms with Gasteiger partial charge in [0.25, 0.3) is 0 Å². The Balaban J connectivity index is 1.09. The molecule has 0 aliphatic carbocycles. The third-order valence-electron chi connectivity index (χ3n) is 10.0. The van der Waals surface area contributed by atoms with Gasteiger partial charge in [0.2, 0.25) is 0 Å². The summed E-state index contributed by atoms with van der Waals surface area (Å²) >= 11 is 0. The normalized spacial score (nSPS) is 11.4. The van der Waals surface area contributed by atoms with E-state index < -0.39 is 0 Å². The largest absolute Gasteiger partial charge is 0.310 e. The molecular weight excluding hydrogens is 653 g/mol. The lowest BCUT2D eigenvalue weighted by molar-refractivity contribution is 1.25. The van der Waals surface area contributed by atoms with E-state index in [1.165, 1.54) is 55.6 Å². The minimum absolute atomic E-state index is 1.14. The Morgan fingerprint density at radius 3 is 0.889 bits per heavy atom. The lowest BCUT2D eigenvalue weighted by Crippen LogP contribution is -2.10. The molecule has 7 rings (SSSR count). The SMILES string of the molecule is Cc1ccc(N(c2ccc(C)cc2)c2ccc(/C=C/c3cccc(/C=C/c4ccc(N(c5ccc(C)cc5)c5ccc(C)cc5)cc4C)c3)c(C)c2)cc1. The number of aryl methyl sites for hydroxylation is 6. The quantitative estimate of drug-likeness (QED) is 0.131. The number of benzene rings is 7. The van der Waals surface area contributed by atoms with E-state index in [2.05, 4.69) is 233 Å². The summed E-state index contributed by atoms with van der Waals surface area (Å²) in [7, 11) is 0. The smallest absolute Gasteiger partial charge is 0.0464 e. The summed E-state index contributed by atoms with van der Waals surface area (Å²) in [5.74, 6) is 0. The van der Waals surface area contributed by atoms with Crippen molar-refractivity contribution in [1.29, 1.82) is 0 Å². The van der Waals surface area contributed by atoms with E-state index in [9.17, 15) is 0 Å². The summed E-state index contributed by atoms with van der Waals surface area (Å²) in [6, 6.07) is 57.2. The molecule has 0 saturated heterocycles. The fourth-order valence-electron chi connectivity index (χ4n) is 6.78. The topological polar surface area (TPSA) is 6.48 Å². The van der Waals surface area contributed by atoms with Crippen LogP contribution in [0.4, 0.5) is 34.1 Å². The van der Waals surface area contributed by atoms with Gasteiger partial charge in [-0.05, 0) is 154 Å². The summed E-state index contributed by atoms with van der Waals surface area (Å²) in [6.07, 6.45) is 8.87. The third kappa shape index (κ3) is 8.46. The highest BCUT2D eigenvalue weighted by atomic mass is 15.1. The second-order valence-electron chi connectivity index (χ2n) is 14.4. The van der Waals surface area contributed by atoms with Crippen LogP contribution in [-0.4, -0.2) is 0 Å². The van der Waals surface area contributed by atoms with E-state index in [1.807, 2.05) is 0 Å². The van der Waals surface area contributed by atoms with Crippen molar-refractivity contribution in [2.75, 3.05) is 9.80 Å². The van der Waals surface area contributed by atoms with Gasteiger partial charge in [-0.15, -0.1) is 0 Å². The van der Waals surface area contributed by atoms with E-state index >= 15 is 0 Å². The summed E-state index contributed by atoms with van der Waals surface area (Å²) < 4.78 is 0. The predicted octanol–water partition coefficient (Wildman–Crippen LogP) is 14.8. The molecule has 0 amide bonds. The molecule has 0 radical (unpaired) electrons. The van der Waals surface area contributed by atoms with Crippen LogP contribution < -0.4 is 9.80 Å². The lowest BCUT2D eigenvalue weighted by Gasteiger charge is -2.26. The monoisotopic (exact) mass is 700 g/mol. The van der Waals surface area contributed by atoms with Crippen LogP contribution in [0.3, 0.4) is 0 Å². The maximum atomic E-state index is 2.33. The zero-order valence-corrected chi connectivity index (χ0v) is 32.2. The molecule has 0 atom stereocenters. The van der Waals surface area contributed by atoms with Crippen LogP contribution >= 0.6 is 0 Å². The van der Waals surface area contributed by atoms with Gasteiger partial charge in [-0.1, -0.05) is 125 Å². The molecular formula is C52H48N2. The molecule has 0 spiro atoms. The molecule has 7 aromatic carbocycles. The van der Waals surface area contributed by atoms with Crippen molar-refractivity contribution in [2.45, 2.75) is 41.5 Å². The average Bonchev–Trinajstić information content (AvgIpc) is 3.17.